The van der Waals surface area contributed by atoms with E-state index in [4.69, 9.17) is 4.74 Å². The van der Waals surface area contributed by atoms with Crippen LogP contribution in [0.25, 0.3) is 0 Å². The summed E-state index contributed by atoms with van der Waals surface area (Å²) in [5, 5.41) is 5.14. The Morgan fingerprint density at radius 2 is 2.33 bits per heavy atom. The Balaban J connectivity index is 2.03. The molecule has 1 saturated heterocycles. The second kappa shape index (κ2) is 5.03. The van der Waals surface area contributed by atoms with Crippen molar-refractivity contribution in [2.75, 3.05) is 19.0 Å². The zero-order valence-corrected chi connectivity index (χ0v) is 9.83. The molecule has 0 bridgehead atoms. The van der Waals surface area contributed by atoms with Crippen molar-refractivity contribution < 1.29 is 18.7 Å². The van der Waals surface area contributed by atoms with Gasteiger partial charge in [0.1, 0.15) is 0 Å². The first kappa shape index (κ1) is 12.3. The normalized spacial score (nSPS) is 18.3. The van der Waals surface area contributed by atoms with Crippen LogP contribution >= 0.6 is 0 Å². The summed E-state index contributed by atoms with van der Waals surface area (Å²) in [5.74, 6) is -1.27. The molecule has 1 aliphatic heterocycles. The van der Waals surface area contributed by atoms with E-state index in [1.54, 1.807) is 6.07 Å². The number of halogens is 1. The van der Waals surface area contributed by atoms with Gasteiger partial charge in [0.05, 0.1) is 13.0 Å². The Morgan fingerprint density at radius 3 is 2.89 bits per heavy atom. The molecule has 0 spiro atoms. The minimum Gasteiger partial charge on any atom is -0.494 e. The molecular weight excluding hydrogens is 239 g/mol. The van der Waals surface area contributed by atoms with Crippen LogP contribution in [0, 0.1) is 11.7 Å². The summed E-state index contributed by atoms with van der Waals surface area (Å²) in [6, 6.07) is 4.16. The Morgan fingerprint density at radius 1 is 1.56 bits per heavy atom. The summed E-state index contributed by atoms with van der Waals surface area (Å²) in [6.45, 7) is 0.323. The van der Waals surface area contributed by atoms with Crippen molar-refractivity contribution in [2.24, 2.45) is 5.92 Å². The molecule has 18 heavy (non-hydrogen) atoms. The lowest BCUT2D eigenvalue weighted by Gasteiger charge is -2.10. The molecule has 1 aromatic rings. The van der Waals surface area contributed by atoms with E-state index in [0.29, 0.717) is 12.2 Å². The van der Waals surface area contributed by atoms with E-state index < -0.39 is 11.7 Å². The van der Waals surface area contributed by atoms with Gasteiger partial charge in [-0.25, -0.2) is 4.39 Å². The lowest BCUT2D eigenvalue weighted by molar-refractivity contribution is -0.123. The summed E-state index contributed by atoms with van der Waals surface area (Å²) in [7, 11) is 1.37. The fourth-order valence-electron chi connectivity index (χ4n) is 1.78. The maximum atomic E-state index is 13.4. The van der Waals surface area contributed by atoms with Crippen LogP contribution < -0.4 is 15.4 Å². The summed E-state index contributed by atoms with van der Waals surface area (Å²) in [6.07, 6.45) is 0.171. The molecule has 1 fully saturated rings. The van der Waals surface area contributed by atoms with Gasteiger partial charge >= 0.3 is 0 Å². The number of carbonyl (C=O) groups is 2. The second-order valence-electron chi connectivity index (χ2n) is 4.04. The quantitative estimate of drug-likeness (QED) is 0.840. The number of hydrogen-bond donors (Lipinski definition) is 2. The SMILES string of the molecule is COc1ccc(NC(=O)C2CNC(=O)C2)cc1F. The lowest BCUT2D eigenvalue weighted by atomic mass is 10.1. The fraction of sp³-hybridized carbons (Fsp3) is 0.333. The molecular formula is C12H13FN2O3. The molecule has 0 radical (unpaired) electrons. The number of methoxy groups -OCH3 is 1. The highest BCUT2D eigenvalue weighted by Gasteiger charge is 2.27. The number of anilines is 1. The number of benzene rings is 1. The van der Waals surface area contributed by atoms with Crippen LogP contribution in [0.4, 0.5) is 10.1 Å². The number of hydrogen-bond acceptors (Lipinski definition) is 3. The minimum atomic E-state index is -0.545. The highest BCUT2D eigenvalue weighted by molar-refractivity contribution is 5.97. The van der Waals surface area contributed by atoms with Crippen molar-refractivity contribution in [1.82, 2.24) is 5.32 Å². The molecule has 96 valence electrons. The van der Waals surface area contributed by atoms with Crippen LogP contribution in [0.2, 0.25) is 0 Å². The standard InChI is InChI=1S/C12H13FN2O3/c1-18-10-3-2-8(5-9(10)13)15-12(17)7-4-11(16)14-6-7/h2-3,5,7H,4,6H2,1H3,(H,14,16)(H,15,17). The van der Waals surface area contributed by atoms with Gasteiger partial charge in [-0.15, -0.1) is 0 Å². The largest absolute Gasteiger partial charge is 0.494 e. The third kappa shape index (κ3) is 2.58. The molecule has 5 nitrogen and oxygen atoms in total. The van der Waals surface area contributed by atoms with Gasteiger partial charge in [0.2, 0.25) is 11.8 Å². The van der Waals surface area contributed by atoms with E-state index in [1.165, 1.54) is 19.2 Å². The topological polar surface area (TPSA) is 67.4 Å². The van der Waals surface area contributed by atoms with E-state index >= 15 is 0 Å². The number of nitrogens with one attached hydrogen (secondary N) is 2. The van der Waals surface area contributed by atoms with Gasteiger partial charge in [-0.3, -0.25) is 9.59 Å². The predicted molar refractivity (Wildman–Crippen MR) is 62.7 cm³/mol. The summed E-state index contributed by atoms with van der Waals surface area (Å²) in [5.41, 5.74) is 0.345. The highest BCUT2D eigenvalue weighted by Crippen LogP contribution is 2.21. The van der Waals surface area contributed by atoms with Crippen molar-refractivity contribution in [3.8, 4) is 5.75 Å². The average molecular weight is 252 g/mol. The fourth-order valence-corrected chi connectivity index (χ4v) is 1.78. The van der Waals surface area contributed by atoms with Crippen molar-refractivity contribution in [3.63, 3.8) is 0 Å². The Kier molecular flexibility index (Phi) is 3.45. The molecule has 1 aliphatic rings. The van der Waals surface area contributed by atoms with E-state index in [0.717, 1.165) is 0 Å². The molecule has 0 saturated carbocycles. The first-order valence-corrected chi connectivity index (χ1v) is 5.51. The van der Waals surface area contributed by atoms with Gasteiger partial charge in [-0.05, 0) is 12.1 Å². The van der Waals surface area contributed by atoms with E-state index in [-0.39, 0.29) is 24.0 Å². The third-order valence-electron chi connectivity index (χ3n) is 2.77. The third-order valence-corrected chi connectivity index (χ3v) is 2.77. The van der Waals surface area contributed by atoms with E-state index in [2.05, 4.69) is 10.6 Å². The highest BCUT2D eigenvalue weighted by atomic mass is 19.1. The van der Waals surface area contributed by atoms with Gasteiger partial charge in [0.25, 0.3) is 0 Å². The molecule has 1 atom stereocenters. The van der Waals surface area contributed by atoms with Gasteiger partial charge in [0.15, 0.2) is 11.6 Å². The molecule has 2 N–H and O–H groups in total. The van der Waals surface area contributed by atoms with Crippen LogP contribution in [-0.2, 0) is 9.59 Å². The first-order valence-electron chi connectivity index (χ1n) is 5.51. The van der Waals surface area contributed by atoms with Crippen molar-refractivity contribution in [2.45, 2.75) is 6.42 Å². The van der Waals surface area contributed by atoms with Gasteiger partial charge in [0, 0.05) is 24.7 Å². The van der Waals surface area contributed by atoms with Crippen molar-refractivity contribution in [1.29, 1.82) is 0 Å². The molecule has 6 heteroatoms. The molecule has 1 heterocycles. The molecule has 1 unspecified atom stereocenters. The molecule has 0 aromatic heterocycles. The number of amides is 2. The zero-order chi connectivity index (χ0) is 13.1. The molecule has 2 amide bonds. The molecule has 1 aromatic carbocycles. The summed E-state index contributed by atoms with van der Waals surface area (Å²) in [4.78, 5) is 22.7. The van der Waals surface area contributed by atoms with Crippen LogP contribution in [0.15, 0.2) is 18.2 Å². The van der Waals surface area contributed by atoms with Gasteiger partial charge in [-0.2, -0.15) is 0 Å². The number of carbonyl (C=O) groups excluding carboxylic acids is 2. The lowest BCUT2D eigenvalue weighted by Crippen LogP contribution is -2.24. The van der Waals surface area contributed by atoms with Crippen LogP contribution in [-0.4, -0.2) is 25.5 Å². The Labute approximate surface area is 103 Å². The smallest absolute Gasteiger partial charge is 0.229 e. The molecule has 2 rings (SSSR count). The van der Waals surface area contributed by atoms with Crippen LogP contribution in [0.3, 0.4) is 0 Å². The maximum absolute atomic E-state index is 13.4. The second-order valence-corrected chi connectivity index (χ2v) is 4.04. The van der Waals surface area contributed by atoms with E-state index in [1.807, 2.05) is 0 Å². The first-order chi connectivity index (χ1) is 8.60. The van der Waals surface area contributed by atoms with Crippen LogP contribution in [0.5, 0.6) is 5.75 Å². The minimum absolute atomic E-state index is 0.116. The average Bonchev–Trinajstić information content (AvgIpc) is 2.76. The summed E-state index contributed by atoms with van der Waals surface area (Å²) >= 11 is 0. The van der Waals surface area contributed by atoms with Gasteiger partial charge in [-0.1, -0.05) is 0 Å². The van der Waals surface area contributed by atoms with Crippen molar-refractivity contribution in [3.05, 3.63) is 24.0 Å². The molecule has 0 aliphatic carbocycles. The maximum Gasteiger partial charge on any atom is 0.229 e. The number of ether oxygens (including phenoxy) is 1. The monoisotopic (exact) mass is 252 g/mol. The Bertz CT molecular complexity index is 490. The van der Waals surface area contributed by atoms with E-state index in [9.17, 15) is 14.0 Å². The zero-order valence-electron chi connectivity index (χ0n) is 9.83. The van der Waals surface area contributed by atoms with Crippen LogP contribution in [0.1, 0.15) is 6.42 Å². The summed E-state index contributed by atoms with van der Waals surface area (Å²) < 4.78 is 18.2. The Hall–Kier alpha value is -2.11. The number of rotatable bonds is 3. The predicted octanol–water partition coefficient (Wildman–Crippen LogP) is 0.909. The van der Waals surface area contributed by atoms with Gasteiger partial charge < -0.3 is 15.4 Å². The van der Waals surface area contributed by atoms with Crippen molar-refractivity contribution >= 4 is 17.5 Å².